The zero-order valence-corrected chi connectivity index (χ0v) is 9.02. The smallest absolute Gasteiger partial charge is 0.406 e. The predicted octanol–water partition coefficient (Wildman–Crippen LogP) is 0.635. The van der Waals surface area contributed by atoms with Crippen molar-refractivity contribution < 1.29 is 9.34 Å². The van der Waals surface area contributed by atoms with Crippen molar-refractivity contribution in [3.05, 3.63) is 28.0 Å². The highest BCUT2D eigenvalue weighted by Gasteiger charge is 2.13. The van der Waals surface area contributed by atoms with Crippen LogP contribution < -0.4 is 5.32 Å². The van der Waals surface area contributed by atoms with Gasteiger partial charge < -0.3 is 14.6 Å². The largest absolute Gasteiger partial charge is 0.433 e. The van der Waals surface area contributed by atoms with Crippen molar-refractivity contribution in [2.24, 2.45) is 0 Å². The normalized spacial score (nSPS) is 17.5. The van der Waals surface area contributed by atoms with Gasteiger partial charge in [-0.05, 0) is 6.07 Å². The molecular weight excluding hydrogens is 210 g/mol. The summed E-state index contributed by atoms with van der Waals surface area (Å²) in [5.41, 5.74) is 0. The summed E-state index contributed by atoms with van der Waals surface area (Å²) in [6, 6.07) is 3.09. The summed E-state index contributed by atoms with van der Waals surface area (Å²) in [7, 11) is 0. The van der Waals surface area contributed by atoms with E-state index >= 15 is 0 Å². The first-order chi connectivity index (χ1) is 7.75. The lowest BCUT2D eigenvalue weighted by Gasteiger charge is -2.26. The first kappa shape index (κ1) is 11.1. The summed E-state index contributed by atoms with van der Waals surface area (Å²) < 4.78 is 5.09. The van der Waals surface area contributed by atoms with Crippen LogP contribution in [-0.4, -0.2) is 42.5 Å². The lowest BCUT2D eigenvalue weighted by molar-refractivity contribution is -0.402. The summed E-state index contributed by atoms with van der Waals surface area (Å²) in [6.07, 6.45) is 0.730. The number of nitrogens with one attached hydrogen (secondary N) is 1. The molecule has 1 aliphatic rings. The second kappa shape index (κ2) is 5.09. The van der Waals surface area contributed by atoms with E-state index in [1.807, 2.05) is 0 Å². The maximum Gasteiger partial charge on any atom is 0.433 e. The summed E-state index contributed by atoms with van der Waals surface area (Å²) in [5.74, 6) is 0.514. The van der Waals surface area contributed by atoms with E-state index in [9.17, 15) is 10.1 Å². The van der Waals surface area contributed by atoms with Crippen molar-refractivity contribution in [3.8, 4) is 0 Å². The van der Waals surface area contributed by atoms with Crippen LogP contribution in [-0.2, 0) is 6.42 Å². The molecule has 0 aromatic carbocycles. The van der Waals surface area contributed by atoms with Gasteiger partial charge in [0.2, 0.25) is 0 Å². The molecule has 0 radical (unpaired) electrons. The Kier molecular flexibility index (Phi) is 3.53. The molecule has 88 valence electrons. The van der Waals surface area contributed by atoms with Gasteiger partial charge in [-0.15, -0.1) is 0 Å². The van der Waals surface area contributed by atoms with Gasteiger partial charge in [0.1, 0.15) is 10.7 Å². The molecule has 1 aromatic rings. The van der Waals surface area contributed by atoms with E-state index < -0.39 is 4.92 Å². The Morgan fingerprint density at radius 1 is 1.44 bits per heavy atom. The second-order valence-corrected chi connectivity index (χ2v) is 3.84. The Bertz CT molecular complexity index is 358. The molecule has 0 bridgehead atoms. The van der Waals surface area contributed by atoms with E-state index in [1.165, 1.54) is 6.07 Å². The van der Waals surface area contributed by atoms with Crippen LogP contribution in [0.25, 0.3) is 0 Å². The van der Waals surface area contributed by atoms with Gasteiger partial charge in [0, 0.05) is 39.1 Å². The minimum atomic E-state index is -0.506. The lowest BCUT2D eigenvalue weighted by atomic mass is 10.3. The molecule has 6 nitrogen and oxygen atoms in total. The topological polar surface area (TPSA) is 71.6 Å². The first-order valence-electron chi connectivity index (χ1n) is 5.42. The highest BCUT2D eigenvalue weighted by Crippen LogP contribution is 2.16. The van der Waals surface area contributed by atoms with E-state index in [1.54, 1.807) is 6.07 Å². The third kappa shape index (κ3) is 2.80. The molecule has 16 heavy (non-hydrogen) atoms. The van der Waals surface area contributed by atoms with Crippen molar-refractivity contribution in [1.29, 1.82) is 0 Å². The van der Waals surface area contributed by atoms with Crippen molar-refractivity contribution in [1.82, 2.24) is 10.2 Å². The Hall–Kier alpha value is -1.40. The van der Waals surface area contributed by atoms with Gasteiger partial charge in [-0.3, -0.25) is 10.1 Å². The molecule has 1 aromatic heterocycles. The van der Waals surface area contributed by atoms with E-state index in [4.69, 9.17) is 4.42 Å². The molecule has 0 aliphatic carbocycles. The molecule has 1 aliphatic heterocycles. The summed E-state index contributed by atoms with van der Waals surface area (Å²) in [4.78, 5) is 12.2. The van der Waals surface area contributed by atoms with E-state index in [-0.39, 0.29) is 5.88 Å². The molecular formula is C10H15N3O3. The highest BCUT2D eigenvalue weighted by molar-refractivity contribution is 5.17. The number of furan rings is 1. The van der Waals surface area contributed by atoms with Gasteiger partial charge in [-0.1, -0.05) is 0 Å². The number of nitro groups is 1. The van der Waals surface area contributed by atoms with Gasteiger partial charge in [-0.2, -0.15) is 0 Å². The zero-order valence-electron chi connectivity index (χ0n) is 9.02. The van der Waals surface area contributed by atoms with Gasteiger partial charge >= 0.3 is 5.88 Å². The molecule has 2 rings (SSSR count). The van der Waals surface area contributed by atoms with Crippen LogP contribution in [0.4, 0.5) is 5.88 Å². The van der Waals surface area contributed by atoms with Gasteiger partial charge in [0.05, 0.1) is 6.07 Å². The Morgan fingerprint density at radius 2 is 2.19 bits per heavy atom. The van der Waals surface area contributed by atoms with Crippen molar-refractivity contribution in [3.63, 3.8) is 0 Å². The third-order valence-electron chi connectivity index (χ3n) is 2.71. The van der Waals surface area contributed by atoms with E-state index in [0.717, 1.165) is 39.1 Å². The highest BCUT2D eigenvalue weighted by atomic mass is 16.6. The fourth-order valence-corrected chi connectivity index (χ4v) is 1.80. The first-order valence-corrected chi connectivity index (χ1v) is 5.42. The Morgan fingerprint density at radius 3 is 2.81 bits per heavy atom. The van der Waals surface area contributed by atoms with Crippen LogP contribution in [0.1, 0.15) is 5.76 Å². The molecule has 1 saturated heterocycles. The number of piperazine rings is 1. The molecule has 6 heteroatoms. The molecule has 0 saturated carbocycles. The van der Waals surface area contributed by atoms with Gasteiger partial charge in [0.15, 0.2) is 0 Å². The minimum absolute atomic E-state index is 0.171. The maximum atomic E-state index is 10.4. The third-order valence-corrected chi connectivity index (χ3v) is 2.71. The van der Waals surface area contributed by atoms with Crippen molar-refractivity contribution >= 4 is 5.88 Å². The van der Waals surface area contributed by atoms with Crippen LogP contribution >= 0.6 is 0 Å². The van der Waals surface area contributed by atoms with E-state index in [2.05, 4.69) is 10.2 Å². The molecule has 0 spiro atoms. The monoisotopic (exact) mass is 225 g/mol. The number of hydrogen-bond acceptors (Lipinski definition) is 5. The van der Waals surface area contributed by atoms with Crippen LogP contribution in [0.3, 0.4) is 0 Å². The van der Waals surface area contributed by atoms with Crippen LogP contribution in [0.5, 0.6) is 0 Å². The molecule has 1 fully saturated rings. The average molecular weight is 225 g/mol. The van der Waals surface area contributed by atoms with Crippen molar-refractivity contribution in [2.75, 3.05) is 32.7 Å². The molecule has 1 N–H and O–H groups in total. The minimum Gasteiger partial charge on any atom is -0.406 e. The van der Waals surface area contributed by atoms with Gasteiger partial charge in [0.25, 0.3) is 0 Å². The second-order valence-electron chi connectivity index (χ2n) is 3.84. The van der Waals surface area contributed by atoms with E-state index in [0.29, 0.717) is 5.76 Å². The number of hydrogen-bond donors (Lipinski definition) is 1. The molecule has 0 atom stereocenters. The van der Waals surface area contributed by atoms with Gasteiger partial charge in [-0.25, -0.2) is 0 Å². The lowest BCUT2D eigenvalue weighted by Crippen LogP contribution is -2.44. The Balaban J connectivity index is 1.81. The number of nitrogens with zero attached hydrogens (tertiary/aromatic N) is 2. The number of rotatable bonds is 4. The summed E-state index contributed by atoms with van der Waals surface area (Å²) in [5, 5.41) is 13.7. The molecule has 0 unspecified atom stereocenters. The maximum absolute atomic E-state index is 10.4. The van der Waals surface area contributed by atoms with Crippen LogP contribution in [0, 0.1) is 10.1 Å². The molecule has 0 amide bonds. The fourth-order valence-electron chi connectivity index (χ4n) is 1.80. The SMILES string of the molecule is O=[N+]([O-])c1ccc(CCN2CCNCC2)o1. The quantitative estimate of drug-likeness (QED) is 0.601. The zero-order chi connectivity index (χ0) is 11.4. The average Bonchev–Trinajstić information content (AvgIpc) is 2.76. The fraction of sp³-hybridized carbons (Fsp3) is 0.600. The standard InChI is InChI=1S/C10H15N3O3/c14-13(15)10-2-1-9(16-10)3-6-12-7-4-11-5-8-12/h1-2,11H,3-8H2. The summed E-state index contributed by atoms with van der Waals surface area (Å²) in [6.45, 7) is 4.98. The van der Waals surface area contributed by atoms with Crippen LogP contribution in [0.15, 0.2) is 16.5 Å². The van der Waals surface area contributed by atoms with Crippen LogP contribution in [0.2, 0.25) is 0 Å². The van der Waals surface area contributed by atoms with Crippen molar-refractivity contribution in [2.45, 2.75) is 6.42 Å². The summed E-state index contributed by atoms with van der Waals surface area (Å²) >= 11 is 0. The Labute approximate surface area is 93.4 Å². The predicted molar refractivity (Wildman–Crippen MR) is 58.4 cm³/mol. The molecule has 2 heterocycles.